The number of carbonyl (C=O) groups excluding carboxylic acids is 3. The predicted molar refractivity (Wildman–Crippen MR) is 109 cm³/mol. The molecule has 0 saturated carbocycles. The number of para-hydroxylation sites is 1. The van der Waals surface area contributed by atoms with Crippen molar-refractivity contribution in [1.29, 1.82) is 0 Å². The number of benzene rings is 3. The highest BCUT2D eigenvalue weighted by molar-refractivity contribution is 6.21. The van der Waals surface area contributed by atoms with E-state index in [0.29, 0.717) is 27.2 Å². The lowest BCUT2D eigenvalue weighted by atomic mass is 10.0. The number of hydrogen-bond donors (Lipinski definition) is 0. The topological polar surface area (TPSA) is 76.6 Å². The van der Waals surface area contributed by atoms with E-state index in [1.807, 2.05) is 0 Å². The summed E-state index contributed by atoms with van der Waals surface area (Å²) in [5.41, 5.74) is 2.01. The van der Waals surface area contributed by atoms with E-state index in [1.54, 1.807) is 48.5 Å². The van der Waals surface area contributed by atoms with E-state index < -0.39 is 23.6 Å². The Balaban J connectivity index is 1.55. The van der Waals surface area contributed by atoms with E-state index >= 15 is 0 Å². The number of rotatable bonds is 3. The number of carbonyl (C=O) groups is 3. The lowest BCUT2D eigenvalue weighted by Gasteiger charge is -2.14. The van der Waals surface area contributed by atoms with Gasteiger partial charge in [0.15, 0.2) is 0 Å². The first-order valence-corrected chi connectivity index (χ1v) is 9.39. The van der Waals surface area contributed by atoms with Gasteiger partial charge in [-0.15, -0.1) is 0 Å². The molecule has 0 saturated heterocycles. The SMILES string of the molecule is O=C(ON1C(=O)c2ccccc2C1=O)c1cc(-c2ccc(F)cc2)nc2ccccc12. The molecular weight excluding hydrogens is 399 g/mol. The number of amides is 2. The molecule has 7 heteroatoms. The van der Waals surface area contributed by atoms with Crippen molar-refractivity contribution in [3.63, 3.8) is 0 Å². The molecule has 0 atom stereocenters. The monoisotopic (exact) mass is 412 g/mol. The number of imide groups is 1. The molecule has 1 aliphatic rings. The van der Waals surface area contributed by atoms with Gasteiger partial charge in [0.2, 0.25) is 0 Å². The minimum absolute atomic E-state index is 0.126. The highest BCUT2D eigenvalue weighted by atomic mass is 19.1. The summed E-state index contributed by atoms with van der Waals surface area (Å²) in [7, 11) is 0. The van der Waals surface area contributed by atoms with Crippen LogP contribution in [-0.4, -0.2) is 27.8 Å². The van der Waals surface area contributed by atoms with Crippen molar-refractivity contribution in [2.75, 3.05) is 0 Å². The number of aromatic nitrogens is 1. The van der Waals surface area contributed by atoms with Crippen molar-refractivity contribution in [1.82, 2.24) is 10.0 Å². The van der Waals surface area contributed by atoms with Crippen molar-refractivity contribution >= 4 is 28.7 Å². The zero-order valence-corrected chi connectivity index (χ0v) is 15.9. The summed E-state index contributed by atoms with van der Waals surface area (Å²) in [6.45, 7) is 0. The van der Waals surface area contributed by atoms with Crippen LogP contribution in [0.2, 0.25) is 0 Å². The fourth-order valence-electron chi connectivity index (χ4n) is 3.49. The molecule has 0 bridgehead atoms. The smallest absolute Gasteiger partial charge is 0.324 e. The molecule has 2 heterocycles. The van der Waals surface area contributed by atoms with Gasteiger partial charge in [-0.2, -0.15) is 0 Å². The van der Waals surface area contributed by atoms with E-state index in [1.165, 1.54) is 30.3 Å². The van der Waals surface area contributed by atoms with Crippen LogP contribution >= 0.6 is 0 Å². The lowest BCUT2D eigenvalue weighted by Crippen LogP contribution is -2.32. The highest BCUT2D eigenvalue weighted by Crippen LogP contribution is 2.28. The van der Waals surface area contributed by atoms with E-state index in [0.717, 1.165) is 0 Å². The zero-order valence-electron chi connectivity index (χ0n) is 15.9. The van der Waals surface area contributed by atoms with Crippen LogP contribution in [0.1, 0.15) is 31.1 Å². The molecule has 0 fully saturated rings. The molecule has 0 spiro atoms. The third-order valence-corrected chi connectivity index (χ3v) is 5.01. The summed E-state index contributed by atoms with van der Waals surface area (Å²) in [6, 6.07) is 20.3. The standard InChI is InChI=1S/C24H13FN2O4/c25-15-11-9-14(10-12-15)21-13-19(16-5-3-4-8-20(16)26-21)24(30)31-27-22(28)17-6-1-2-7-18(17)23(27)29/h1-13H. The number of nitrogens with zero attached hydrogens (tertiary/aromatic N) is 2. The fourth-order valence-corrected chi connectivity index (χ4v) is 3.49. The maximum atomic E-state index is 13.3. The van der Waals surface area contributed by atoms with Gasteiger partial charge in [0.1, 0.15) is 5.82 Å². The van der Waals surface area contributed by atoms with Crippen LogP contribution in [0.15, 0.2) is 78.9 Å². The second kappa shape index (κ2) is 7.14. The maximum Gasteiger partial charge on any atom is 0.364 e. The first kappa shape index (κ1) is 18.6. The molecule has 150 valence electrons. The predicted octanol–water partition coefficient (Wildman–Crippen LogP) is 4.41. The largest absolute Gasteiger partial charge is 0.364 e. The number of hydrogen-bond acceptors (Lipinski definition) is 5. The van der Waals surface area contributed by atoms with Crippen molar-refractivity contribution in [3.05, 3.63) is 101 Å². The number of fused-ring (bicyclic) bond motifs is 2. The molecule has 0 N–H and O–H groups in total. The van der Waals surface area contributed by atoms with Gasteiger partial charge in [-0.3, -0.25) is 9.59 Å². The first-order chi connectivity index (χ1) is 15.0. The summed E-state index contributed by atoms with van der Waals surface area (Å²) in [6.07, 6.45) is 0. The molecule has 0 unspecified atom stereocenters. The Kier molecular flexibility index (Phi) is 4.29. The van der Waals surface area contributed by atoms with E-state index in [2.05, 4.69) is 4.98 Å². The summed E-state index contributed by atoms with van der Waals surface area (Å²) in [5, 5.41) is 0.967. The van der Waals surface area contributed by atoms with Gasteiger partial charge in [0.25, 0.3) is 11.8 Å². The number of halogens is 1. The van der Waals surface area contributed by atoms with Gasteiger partial charge in [0, 0.05) is 10.9 Å². The van der Waals surface area contributed by atoms with Crippen LogP contribution in [0.25, 0.3) is 22.2 Å². The summed E-state index contributed by atoms with van der Waals surface area (Å²) < 4.78 is 13.3. The van der Waals surface area contributed by atoms with Gasteiger partial charge in [-0.05, 0) is 48.5 Å². The molecular formula is C24H13FN2O4. The second-order valence-corrected chi connectivity index (χ2v) is 6.91. The van der Waals surface area contributed by atoms with Crippen molar-refractivity contribution < 1.29 is 23.6 Å². The Hall–Kier alpha value is -4.39. The quantitative estimate of drug-likeness (QED) is 0.466. The van der Waals surface area contributed by atoms with Gasteiger partial charge in [0.05, 0.1) is 27.9 Å². The van der Waals surface area contributed by atoms with Crippen molar-refractivity contribution in [3.8, 4) is 11.3 Å². The third-order valence-electron chi connectivity index (χ3n) is 5.01. The summed E-state index contributed by atoms with van der Waals surface area (Å²) >= 11 is 0. The average molecular weight is 412 g/mol. The Labute approximate surface area is 175 Å². The van der Waals surface area contributed by atoms with Crippen LogP contribution < -0.4 is 0 Å². The molecule has 5 rings (SSSR count). The van der Waals surface area contributed by atoms with Gasteiger partial charge < -0.3 is 4.84 Å². The van der Waals surface area contributed by atoms with Crippen LogP contribution in [0, 0.1) is 5.82 Å². The molecule has 31 heavy (non-hydrogen) atoms. The second-order valence-electron chi connectivity index (χ2n) is 6.91. The molecule has 3 aromatic carbocycles. The molecule has 4 aromatic rings. The first-order valence-electron chi connectivity index (χ1n) is 9.39. The van der Waals surface area contributed by atoms with Crippen LogP contribution in [0.4, 0.5) is 4.39 Å². The van der Waals surface area contributed by atoms with Crippen LogP contribution in [0.5, 0.6) is 0 Å². The number of hydroxylamine groups is 2. The molecule has 1 aliphatic heterocycles. The van der Waals surface area contributed by atoms with Gasteiger partial charge in [-0.1, -0.05) is 35.4 Å². The van der Waals surface area contributed by atoms with Gasteiger partial charge in [-0.25, -0.2) is 14.2 Å². The molecule has 6 nitrogen and oxygen atoms in total. The van der Waals surface area contributed by atoms with E-state index in [-0.39, 0.29) is 16.7 Å². The number of pyridine rings is 1. The Bertz CT molecular complexity index is 1350. The molecule has 1 aromatic heterocycles. The van der Waals surface area contributed by atoms with Crippen molar-refractivity contribution in [2.45, 2.75) is 0 Å². The van der Waals surface area contributed by atoms with E-state index in [9.17, 15) is 18.8 Å². The summed E-state index contributed by atoms with van der Waals surface area (Å²) in [5.74, 6) is -2.68. The minimum atomic E-state index is -0.878. The summed E-state index contributed by atoms with van der Waals surface area (Å²) in [4.78, 5) is 47.9. The molecule has 2 amide bonds. The van der Waals surface area contributed by atoms with Crippen LogP contribution in [0.3, 0.4) is 0 Å². The van der Waals surface area contributed by atoms with E-state index in [4.69, 9.17) is 4.84 Å². The normalized spacial score (nSPS) is 12.9. The Morgan fingerprint density at radius 2 is 1.45 bits per heavy atom. The Morgan fingerprint density at radius 3 is 2.13 bits per heavy atom. The van der Waals surface area contributed by atoms with Crippen LogP contribution in [-0.2, 0) is 4.84 Å². The average Bonchev–Trinajstić information content (AvgIpc) is 3.04. The molecule has 0 radical (unpaired) electrons. The van der Waals surface area contributed by atoms with Crippen molar-refractivity contribution in [2.24, 2.45) is 0 Å². The zero-order chi connectivity index (χ0) is 21.5. The third kappa shape index (κ3) is 3.12. The maximum absolute atomic E-state index is 13.3. The fraction of sp³-hybridized carbons (Fsp3) is 0. The Morgan fingerprint density at radius 1 is 0.839 bits per heavy atom. The molecule has 0 aliphatic carbocycles. The lowest BCUT2D eigenvalue weighted by molar-refractivity contribution is -0.0583. The highest BCUT2D eigenvalue weighted by Gasteiger charge is 2.39. The van der Waals surface area contributed by atoms with Gasteiger partial charge >= 0.3 is 5.97 Å². The minimum Gasteiger partial charge on any atom is -0.324 e.